The van der Waals surface area contributed by atoms with Crippen molar-refractivity contribution in [3.8, 4) is 22.5 Å². The van der Waals surface area contributed by atoms with Gasteiger partial charge in [0.1, 0.15) is 0 Å². The van der Waals surface area contributed by atoms with Crippen molar-refractivity contribution >= 4 is 97.2 Å². The Labute approximate surface area is 375 Å². The molecule has 6 aromatic carbocycles. The van der Waals surface area contributed by atoms with Gasteiger partial charge >= 0.3 is 0 Å². The van der Waals surface area contributed by atoms with Gasteiger partial charge in [0.05, 0.1) is 39.9 Å². The van der Waals surface area contributed by atoms with E-state index in [1.807, 2.05) is 78.7 Å². The Hall–Kier alpha value is -5.38. The standard InChI is InChI=1S/C26H19Cl3N4.C21H11Cl3N2O/c1-26(23-14-30-15-33(23)2,17-6-9-19(27)10-7-17)18-8-11-22-21(13-18)24(32-25(29)31-22)16-4-3-5-20(28)12-16;22-15-7-4-12(5-8-15)20(27)14-6-9-18-17(11-14)19(26-21(24)25-18)13-2-1-3-16(23)10-13/h3-15H,1-2H3;1-11H. The molecule has 0 amide bonds. The predicted molar refractivity (Wildman–Crippen MR) is 245 cm³/mol. The maximum Gasteiger partial charge on any atom is 0.223 e. The highest BCUT2D eigenvalue weighted by Gasteiger charge is 2.34. The zero-order valence-electron chi connectivity index (χ0n) is 31.7. The van der Waals surface area contributed by atoms with Gasteiger partial charge in [0.25, 0.3) is 0 Å². The second-order valence-electron chi connectivity index (χ2n) is 14.0. The quantitative estimate of drug-likeness (QED) is 0.117. The second kappa shape index (κ2) is 17.3. The third kappa shape index (κ3) is 8.48. The Bertz CT molecular complexity index is 3060. The van der Waals surface area contributed by atoms with Gasteiger partial charge in [-0.1, -0.05) is 88.9 Å². The Morgan fingerprint density at radius 2 is 1.03 bits per heavy atom. The lowest BCUT2D eigenvalue weighted by Gasteiger charge is -2.32. The van der Waals surface area contributed by atoms with Crippen LogP contribution in [0, 0.1) is 0 Å². The summed E-state index contributed by atoms with van der Waals surface area (Å²) in [6.07, 6.45) is 3.71. The minimum absolute atomic E-state index is 0.111. The van der Waals surface area contributed by atoms with Crippen LogP contribution in [0.2, 0.25) is 30.7 Å². The molecule has 0 aliphatic heterocycles. The fourth-order valence-electron chi connectivity index (χ4n) is 7.22. The maximum absolute atomic E-state index is 12.8. The van der Waals surface area contributed by atoms with Gasteiger partial charge in [-0.25, -0.2) is 24.9 Å². The van der Waals surface area contributed by atoms with Crippen LogP contribution in [0.25, 0.3) is 44.3 Å². The average Bonchev–Trinajstić information content (AvgIpc) is 3.69. The van der Waals surface area contributed by atoms with Crippen LogP contribution in [0.1, 0.15) is 39.7 Å². The molecule has 0 aliphatic rings. The normalized spacial score (nSPS) is 12.2. The van der Waals surface area contributed by atoms with Gasteiger partial charge in [0, 0.05) is 66.4 Å². The summed E-state index contributed by atoms with van der Waals surface area (Å²) in [5.41, 5.74) is 8.22. The number of hydrogen-bond donors (Lipinski definition) is 0. The average molecular weight is 908 g/mol. The molecule has 7 nitrogen and oxygen atoms in total. The molecule has 3 aromatic heterocycles. The molecule has 9 aromatic rings. The molecule has 1 unspecified atom stereocenters. The van der Waals surface area contributed by atoms with Crippen molar-refractivity contribution < 1.29 is 4.79 Å². The smallest absolute Gasteiger partial charge is 0.223 e. The first-order valence-electron chi connectivity index (χ1n) is 18.4. The number of halogens is 6. The minimum atomic E-state index is -0.505. The van der Waals surface area contributed by atoms with Crippen LogP contribution in [0.15, 0.2) is 146 Å². The summed E-state index contributed by atoms with van der Waals surface area (Å²) in [5, 5.41) is 4.43. The van der Waals surface area contributed by atoms with Crippen LogP contribution < -0.4 is 0 Å². The number of rotatable bonds is 7. The van der Waals surface area contributed by atoms with Gasteiger partial charge in [0.15, 0.2) is 5.78 Å². The first-order chi connectivity index (χ1) is 28.9. The zero-order valence-corrected chi connectivity index (χ0v) is 36.3. The molecule has 1 atom stereocenters. The third-order valence-electron chi connectivity index (χ3n) is 10.2. The number of aromatic nitrogens is 6. The van der Waals surface area contributed by atoms with E-state index in [4.69, 9.17) is 69.6 Å². The molecule has 0 saturated heterocycles. The van der Waals surface area contributed by atoms with Crippen molar-refractivity contribution in [1.29, 1.82) is 0 Å². The van der Waals surface area contributed by atoms with Crippen LogP contribution in [-0.4, -0.2) is 35.3 Å². The fraction of sp³-hybridized carbons (Fsp3) is 0.0638. The molecule has 60 heavy (non-hydrogen) atoms. The summed E-state index contributed by atoms with van der Waals surface area (Å²) in [6, 6.07) is 41.0. The van der Waals surface area contributed by atoms with Gasteiger partial charge in [-0.3, -0.25) is 4.79 Å². The van der Waals surface area contributed by atoms with Gasteiger partial charge < -0.3 is 4.57 Å². The Kier molecular flexibility index (Phi) is 11.9. The molecule has 0 radical (unpaired) electrons. The largest absolute Gasteiger partial charge is 0.337 e. The van der Waals surface area contributed by atoms with E-state index < -0.39 is 5.41 Å². The molecule has 9 rings (SSSR count). The van der Waals surface area contributed by atoms with E-state index in [9.17, 15) is 4.79 Å². The molecule has 13 heteroatoms. The number of aryl methyl sites for hydroxylation is 1. The summed E-state index contributed by atoms with van der Waals surface area (Å²) < 4.78 is 2.04. The molecular formula is C47H30Cl6N6O. The van der Waals surface area contributed by atoms with Gasteiger partial charge in [0.2, 0.25) is 10.6 Å². The Morgan fingerprint density at radius 1 is 0.533 bits per heavy atom. The van der Waals surface area contributed by atoms with E-state index in [0.717, 1.165) is 49.9 Å². The summed E-state index contributed by atoms with van der Waals surface area (Å²) in [4.78, 5) is 34.9. The lowest BCUT2D eigenvalue weighted by molar-refractivity contribution is 0.103. The number of ketones is 1. The molecule has 0 spiro atoms. The zero-order chi connectivity index (χ0) is 42.1. The molecule has 0 aliphatic carbocycles. The van der Waals surface area contributed by atoms with E-state index in [2.05, 4.69) is 56.1 Å². The molecule has 0 fully saturated rings. The summed E-state index contributed by atoms with van der Waals surface area (Å²) in [5.74, 6) is -0.111. The maximum atomic E-state index is 12.8. The van der Waals surface area contributed by atoms with Crippen LogP contribution >= 0.6 is 69.6 Å². The van der Waals surface area contributed by atoms with Gasteiger partial charge in [-0.05, 0) is 132 Å². The van der Waals surface area contributed by atoms with E-state index in [1.54, 1.807) is 54.6 Å². The van der Waals surface area contributed by atoms with E-state index in [1.165, 1.54) is 0 Å². The van der Waals surface area contributed by atoms with E-state index in [-0.39, 0.29) is 16.4 Å². The SMILES string of the molecule is Cn1cncc1C(C)(c1ccc(Cl)cc1)c1ccc2nc(Cl)nc(-c3cccc(Cl)c3)c2c1.O=C(c1ccc(Cl)cc1)c1ccc2nc(Cl)nc(-c3cccc(Cl)c3)c2c1. The van der Waals surface area contributed by atoms with E-state index >= 15 is 0 Å². The van der Waals surface area contributed by atoms with Gasteiger partial charge in [-0.15, -0.1) is 0 Å². The number of fused-ring (bicyclic) bond motifs is 2. The Balaban J connectivity index is 0.000000170. The molecular weight excluding hydrogens is 877 g/mol. The summed E-state index contributed by atoms with van der Waals surface area (Å²) in [6.45, 7) is 2.18. The van der Waals surface area contributed by atoms with Gasteiger partial charge in [-0.2, -0.15) is 0 Å². The fourth-order valence-corrected chi connectivity index (χ4v) is 8.20. The van der Waals surface area contributed by atoms with Crippen molar-refractivity contribution in [3.63, 3.8) is 0 Å². The molecule has 296 valence electrons. The highest BCUT2D eigenvalue weighted by atomic mass is 35.5. The van der Waals surface area contributed by atoms with Crippen molar-refractivity contribution in [2.45, 2.75) is 12.3 Å². The van der Waals surface area contributed by atoms with Crippen molar-refractivity contribution in [3.05, 3.63) is 205 Å². The second-order valence-corrected chi connectivity index (χ2v) is 16.4. The molecule has 0 bridgehead atoms. The highest BCUT2D eigenvalue weighted by molar-refractivity contribution is 6.32. The van der Waals surface area contributed by atoms with Crippen LogP contribution in [0.5, 0.6) is 0 Å². The predicted octanol–water partition coefficient (Wildman–Crippen LogP) is 13.8. The number of imidazole rings is 1. The lowest BCUT2D eigenvalue weighted by atomic mass is 9.73. The number of carbonyl (C=O) groups excluding carboxylic acids is 1. The monoisotopic (exact) mass is 904 g/mol. The summed E-state index contributed by atoms with van der Waals surface area (Å²) in [7, 11) is 2.00. The topological polar surface area (TPSA) is 86.5 Å². The minimum Gasteiger partial charge on any atom is -0.337 e. The lowest BCUT2D eigenvalue weighted by Crippen LogP contribution is -2.28. The molecule has 0 saturated carbocycles. The van der Waals surface area contributed by atoms with Crippen molar-refractivity contribution in [2.24, 2.45) is 7.05 Å². The highest BCUT2D eigenvalue weighted by Crippen LogP contribution is 2.41. The number of nitrogens with zero attached hydrogens (tertiary/aromatic N) is 6. The third-order valence-corrected chi connectivity index (χ3v) is 11.5. The van der Waals surface area contributed by atoms with Crippen LogP contribution in [0.4, 0.5) is 0 Å². The van der Waals surface area contributed by atoms with E-state index in [0.29, 0.717) is 42.4 Å². The van der Waals surface area contributed by atoms with Crippen molar-refractivity contribution in [1.82, 2.24) is 29.5 Å². The molecule has 3 heterocycles. The van der Waals surface area contributed by atoms with Crippen molar-refractivity contribution in [2.75, 3.05) is 0 Å². The Morgan fingerprint density at radius 3 is 1.57 bits per heavy atom. The number of benzene rings is 6. The number of carbonyl (C=O) groups is 1. The first-order valence-corrected chi connectivity index (χ1v) is 20.6. The first kappa shape index (κ1) is 41.4. The molecule has 0 N–H and O–H groups in total. The van der Waals surface area contributed by atoms with Crippen LogP contribution in [0.3, 0.4) is 0 Å². The van der Waals surface area contributed by atoms with Crippen LogP contribution in [-0.2, 0) is 12.5 Å². The number of hydrogen-bond acceptors (Lipinski definition) is 6. The summed E-state index contributed by atoms with van der Waals surface area (Å²) >= 11 is 36.9.